The fourth-order valence-corrected chi connectivity index (χ4v) is 5.48. The third-order valence-corrected chi connectivity index (χ3v) is 7.24. The summed E-state index contributed by atoms with van der Waals surface area (Å²) in [6, 6.07) is 23.6. The van der Waals surface area contributed by atoms with Crippen molar-refractivity contribution in [1.29, 1.82) is 0 Å². The van der Waals surface area contributed by atoms with E-state index in [4.69, 9.17) is 5.11 Å². The minimum atomic E-state index is -0.0315. The van der Waals surface area contributed by atoms with Crippen molar-refractivity contribution in [2.45, 2.75) is 50.9 Å². The summed E-state index contributed by atoms with van der Waals surface area (Å²) in [4.78, 5) is 14.0. The average Bonchev–Trinajstić information content (AvgIpc) is 2.83. The molecule has 3 heteroatoms. The number of carbonyl (C=O) groups is 1. The Balaban J connectivity index is 1.41. The Morgan fingerprint density at radius 2 is 1.78 bits per heavy atom. The maximum Gasteiger partial charge on any atom is 0.253 e. The zero-order valence-corrected chi connectivity index (χ0v) is 19.3. The molecule has 0 spiro atoms. The van der Waals surface area contributed by atoms with Gasteiger partial charge in [-0.25, -0.2) is 0 Å². The first-order valence-electron chi connectivity index (χ1n) is 12.0. The average molecular weight is 430 g/mol. The highest BCUT2D eigenvalue weighted by Crippen LogP contribution is 2.41. The number of rotatable bonds is 7. The van der Waals surface area contributed by atoms with Crippen LogP contribution in [0.15, 0.2) is 66.7 Å². The molecule has 0 aromatic heterocycles. The fourth-order valence-electron chi connectivity index (χ4n) is 5.48. The Morgan fingerprint density at radius 3 is 2.56 bits per heavy atom. The van der Waals surface area contributed by atoms with Crippen LogP contribution in [-0.4, -0.2) is 36.1 Å². The largest absolute Gasteiger partial charge is 0.395 e. The minimum absolute atomic E-state index is 0.0129. The smallest absolute Gasteiger partial charge is 0.253 e. The highest BCUT2D eigenvalue weighted by Gasteiger charge is 2.25. The Hall–Kier alpha value is -2.65. The molecule has 3 nitrogen and oxygen atoms in total. The van der Waals surface area contributed by atoms with Crippen molar-refractivity contribution in [3.63, 3.8) is 0 Å². The zero-order valence-electron chi connectivity index (χ0n) is 19.3. The van der Waals surface area contributed by atoms with E-state index in [1.54, 1.807) is 11.9 Å². The van der Waals surface area contributed by atoms with Crippen molar-refractivity contribution in [1.82, 2.24) is 4.90 Å². The number of hydrogen-bond donors (Lipinski definition) is 1. The van der Waals surface area contributed by atoms with Crippen LogP contribution in [0.25, 0.3) is 10.8 Å². The predicted molar refractivity (Wildman–Crippen MR) is 132 cm³/mol. The summed E-state index contributed by atoms with van der Waals surface area (Å²) in [5.74, 6) is 1.83. The van der Waals surface area contributed by atoms with Crippen molar-refractivity contribution in [3.8, 4) is 0 Å². The lowest BCUT2D eigenvalue weighted by atomic mass is 9.74. The molecule has 0 bridgehead atoms. The molecule has 1 amide bonds. The fraction of sp³-hybridized carbons (Fsp3) is 0.414. The second-order valence-electron chi connectivity index (χ2n) is 9.51. The second-order valence-corrected chi connectivity index (χ2v) is 9.51. The monoisotopic (exact) mass is 429 g/mol. The second kappa shape index (κ2) is 10.3. The molecule has 4 rings (SSSR count). The third-order valence-electron chi connectivity index (χ3n) is 7.24. The van der Waals surface area contributed by atoms with Gasteiger partial charge in [0.05, 0.1) is 6.61 Å². The number of hydrogen-bond acceptors (Lipinski definition) is 2. The molecule has 3 aromatic rings. The van der Waals surface area contributed by atoms with E-state index in [1.165, 1.54) is 54.0 Å². The van der Waals surface area contributed by atoms with Gasteiger partial charge in [0.1, 0.15) is 0 Å². The van der Waals surface area contributed by atoms with E-state index in [1.807, 2.05) is 12.1 Å². The summed E-state index contributed by atoms with van der Waals surface area (Å²) in [7, 11) is 1.73. The summed E-state index contributed by atoms with van der Waals surface area (Å²) in [6.45, 7) is 2.73. The molecule has 1 saturated carbocycles. The van der Waals surface area contributed by atoms with Gasteiger partial charge in [-0.1, -0.05) is 74.4 Å². The number of carbonyl (C=O) groups excluding carboxylic acids is 1. The predicted octanol–water partition coefficient (Wildman–Crippen LogP) is 6.37. The molecule has 0 saturated heterocycles. The number of benzene rings is 3. The van der Waals surface area contributed by atoms with Gasteiger partial charge in [-0.15, -0.1) is 0 Å². The molecule has 32 heavy (non-hydrogen) atoms. The minimum Gasteiger partial charge on any atom is -0.395 e. The molecule has 1 N–H and O–H groups in total. The molecule has 0 heterocycles. The maximum absolute atomic E-state index is 12.4. The van der Waals surface area contributed by atoms with Crippen LogP contribution in [0.4, 0.5) is 0 Å². The molecule has 1 aliphatic rings. The standard InChI is InChI=1S/C29H35NO2/c1-21(27-12-6-9-24-8-3-4-11-28(24)27)19-22-7-5-10-26(20-22)23-13-15-25(16-14-23)29(32)30(2)17-18-31/h3-4,6,8-9,11-16,21-22,26,31H,5,7,10,17-20H2,1-2H3/t21-,22?,26?/m0/s1. The Labute approximate surface area is 192 Å². The molecule has 0 radical (unpaired) electrons. The van der Waals surface area contributed by atoms with Crippen molar-refractivity contribution in [2.24, 2.45) is 5.92 Å². The van der Waals surface area contributed by atoms with E-state index in [9.17, 15) is 4.79 Å². The highest BCUT2D eigenvalue weighted by molar-refractivity contribution is 5.94. The van der Waals surface area contributed by atoms with Crippen LogP contribution in [0.5, 0.6) is 0 Å². The maximum atomic E-state index is 12.4. The van der Waals surface area contributed by atoms with E-state index in [0.717, 1.165) is 5.92 Å². The molecule has 3 aromatic carbocycles. The topological polar surface area (TPSA) is 40.5 Å². The van der Waals surface area contributed by atoms with Crippen LogP contribution in [0, 0.1) is 5.92 Å². The first kappa shape index (κ1) is 22.5. The molecular formula is C29H35NO2. The van der Waals surface area contributed by atoms with Crippen molar-refractivity contribution < 1.29 is 9.90 Å². The highest BCUT2D eigenvalue weighted by atomic mass is 16.3. The van der Waals surface area contributed by atoms with E-state index >= 15 is 0 Å². The van der Waals surface area contributed by atoms with E-state index in [-0.39, 0.29) is 12.5 Å². The van der Waals surface area contributed by atoms with Gasteiger partial charge in [0, 0.05) is 19.2 Å². The van der Waals surface area contributed by atoms with Crippen molar-refractivity contribution >= 4 is 16.7 Å². The molecule has 1 aliphatic carbocycles. The van der Waals surface area contributed by atoms with Crippen LogP contribution < -0.4 is 0 Å². The summed E-state index contributed by atoms with van der Waals surface area (Å²) >= 11 is 0. The van der Waals surface area contributed by atoms with Gasteiger partial charge in [0.25, 0.3) is 5.91 Å². The van der Waals surface area contributed by atoms with Crippen LogP contribution in [0.2, 0.25) is 0 Å². The van der Waals surface area contributed by atoms with E-state index in [0.29, 0.717) is 23.9 Å². The van der Waals surface area contributed by atoms with Crippen molar-refractivity contribution in [2.75, 3.05) is 20.2 Å². The SMILES string of the molecule is C[C@@H](CC1CCCC(c2ccc(C(=O)N(C)CCO)cc2)C1)c1cccc2ccccc12. The number of aliphatic hydroxyl groups is 1. The van der Waals surface area contributed by atoms with E-state index < -0.39 is 0 Å². The van der Waals surface area contributed by atoms with Crippen LogP contribution >= 0.6 is 0 Å². The number of fused-ring (bicyclic) bond motifs is 1. The summed E-state index contributed by atoms with van der Waals surface area (Å²) in [6.07, 6.45) is 6.28. The Morgan fingerprint density at radius 1 is 1.03 bits per heavy atom. The number of likely N-dealkylation sites (N-methyl/N-ethyl adjacent to an activating group) is 1. The van der Waals surface area contributed by atoms with Gasteiger partial charge < -0.3 is 10.0 Å². The molecule has 168 valence electrons. The van der Waals surface area contributed by atoms with Crippen LogP contribution in [-0.2, 0) is 0 Å². The number of nitrogens with zero attached hydrogens (tertiary/aromatic N) is 1. The Bertz CT molecular complexity index is 1040. The molecule has 3 atom stereocenters. The molecule has 2 unspecified atom stereocenters. The quantitative estimate of drug-likeness (QED) is 0.474. The lowest BCUT2D eigenvalue weighted by molar-refractivity contribution is 0.0767. The van der Waals surface area contributed by atoms with Gasteiger partial charge in [-0.3, -0.25) is 4.79 Å². The first-order valence-corrected chi connectivity index (χ1v) is 12.0. The number of amides is 1. The van der Waals surface area contributed by atoms with Gasteiger partial charge in [-0.2, -0.15) is 0 Å². The van der Waals surface area contributed by atoms with Crippen LogP contribution in [0.3, 0.4) is 0 Å². The van der Waals surface area contributed by atoms with Crippen molar-refractivity contribution in [3.05, 3.63) is 83.4 Å². The Kier molecular flexibility index (Phi) is 7.26. The summed E-state index contributed by atoms with van der Waals surface area (Å²) in [5.41, 5.74) is 3.52. The van der Waals surface area contributed by atoms with Gasteiger partial charge in [0.2, 0.25) is 0 Å². The van der Waals surface area contributed by atoms with Crippen LogP contribution in [0.1, 0.15) is 72.3 Å². The molecular weight excluding hydrogens is 394 g/mol. The normalized spacial score (nSPS) is 19.6. The van der Waals surface area contributed by atoms with Gasteiger partial charge >= 0.3 is 0 Å². The first-order chi connectivity index (χ1) is 15.6. The molecule has 0 aliphatic heterocycles. The molecule has 1 fully saturated rings. The summed E-state index contributed by atoms with van der Waals surface area (Å²) in [5, 5.41) is 11.8. The van der Waals surface area contributed by atoms with E-state index in [2.05, 4.69) is 61.5 Å². The summed E-state index contributed by atoms with van der Waals surface area (Å²) < 4.78 is 0. The zero-order chi connectivity index (χ0) is 22.5. The lowest BCUT2D eigenvalue weighted by Gasteiger charge is -2.31. The number of aliphatic hydroxyl groups excluding tert-OH is 1. The van der Waals surface area contributed by atoms with Gasteiger partial charge in [0.15, 0.2) is 0 Å². The van der Waals surface area contributed by atoms with Gasteiger partial charge in [-0.05, 0) is 71.0 Å². The third kappa shape index (κ3) is 5.05. The lowest BCUT2D eigenvalue weighted by Crippen LogP contribution is -2.29.